The fraction of sp³-hybridized carbons (Fsp3) is 0.750. The van der Waals surface area contributed by atoms with Crippen LogP contribution in [0.1, 0.15) is 37.8 Å². The molecule has 0 amide bonds. The van der Waals surface area contributed by atoms with E-state index in [-0.39, 0.29) is 0 Å². The first-order valence-electron chi connectivity index (χ1n) is 6.18. The number of nitrogens with one attached hydrogen (secondary N) is 1. The van der Waals surface area contributed by atoms with E-state index in [2.05, 4.69) is 10.4 Å². The van der Waals surface area contributed by atoms with Crippen molar-refractivity contribution in [3.63, 3.8) is 0 Å². The lowest BCUT2D eigenvalue weighted by Crippen LogP contribution is -2.33. The van der Waals surface area contributed by atoms with Crippen LogP contribution in [0.3, 0.4) is 0 Å². The maximum atomic E-state index is 5.95. The van der Waals surface area contributed by atoms with Crippen LogP contribution >= 0.6 is 11.6 Å². The Morgan fingerprint density at radius 1 is 1.44 bits per heavy atom. The molecule has 0 atom stereocenters. The smallest absolute Gasteiger partial charge is 0.0814 e. The second kappa shape index (κ2) is 5.69. The highest BCUT2D eigenvalue weighted by atomic mass is 35.5. The molecular formula is C12H20ClN3. The molecule has 0 saturated heterocycles. The Hall–Kier alpha value is -0.540. The van der Waals surface area contributed by atoms with E-state index in [9.17, 15) is 0 Å². The molecule has 1 saturated carbocycles. The Balaban J connectivity index is 1.73. The number of hydrogen-bond acceptors (Lipinski definition) is 2. The summed E-state index contributed by atoms with van der Waals surface area (Å²) in [4.78, 5) is 0. The molecule has 0 aromatic carbocycles. The molecule has 90 valence electrons. The van der Waals surface area contributed by atoms with Gasteiger partial charge in [-0.15, -0.1) is 0 Å². The molecule has 4 heteroatoms. The molecule has 16 heavy (non-hydrogen) atoms. The Labute approximate surface area is 102 Å². The molecule has 1 N–H and O–H groups in total. The minimum absolute atomic E-state index is 0.722. The molecule has 0 radical (unpaired) electrons. The fourth-order valence-corrected chi connectivity index (χ4v) is 2.47. The van der Waals surface area contributed by atoms with E-state index in [1.165, 1.54) is 32.1 Å². The summed E-state index contributed by atoms with van der Waals surface area (Å²) in [5.74, 6) is 0. The molecule has 1 aliphatic carbocycles. The summed E-state index contributed by atoms with van der Waals surface area (Å²) in [5, 5.41) is 8.61. The van der Waals surface area contributed by atoms with E-state index >= 15 is 0 Å². The predicted octanol–water partition coefficient (Wildman–Crippen LogP) is 2.77. The van der Waals surface area contributed by atoms with Crippen molar-refractivity contribution in [2.75, 3.05) is 6.54 Å². The highest BCUT2D eigenvalue weighted by molar-refractivity contribution is 6.31. The normalized spacial score (nSPS) is 17.9. The summed E-state index contributed by atoms with van der Waals surface area (Å²) < 4.78 is 1.97. The van der Waals surface area contributed by atoms with Crippen molar-refractivity contribution >= 4 is 11.6 Å². The topological polar surface area (TPSA) is 29.9 Å². The molecular weight excluding hydrogens is 222 g/mol. The van der Waals surface area contributed by atoms with Crippen molar-refractivity contribution in [3.05, 3.63) is 16.9 Å². The Morgan fingerprint density at radius 2 is 2.19 bits per heavy atom. The van der Waals surface area contributed by atoms with Gasteiger partial charge in [-0.3, -0.25) is 4.68 Å². The first-order valence-corrected chi connectivity index (χ1v) is 6.56. The third-order valence-corrected chi connectivity index (χ3v) is 3.78. The summed E-state index contributed by atoms with van der Waals surface area (Å²) in [6.45, 7) is 3.91. The van der Waals surface area contributed by atoms with Gasteiger partial charge in [0.2, 0.25) is 0 Å². The highest BCUT2D eigenvalue weighted by Gasteiger charge is 2.12. The number of halogens is 1. The largest absolute Gasteiger partial charge is 0.312 e. The molecule has 3 nitrogen and oxygen atoms in total. The Morgan fingerprint density at radius 3 is 2.81 bits per heavy atom. The molecule has 1 aromatic rings. The fourth-order valence-electron chi connectivity index (χ4n) is 2.33. The molecule has 0 unspecified atom stereocenters. The molecule has 1 heterocycles. The van der Waals surface area contributed by atoms with Crippen molar-refractivity contribution in [2.45, 2.75) is 51.6 Å². The average Bonchev–Trinajstić information content (AvgIpc) is 2.62. The van der Waals surface area contributed by atoms with Crippen molar-refractivity contribution < 1.29 is 0 Å². The minimum atomic E-state index is 0.722. The maximum Gasteiger partial charge on any atom is 0.0814 e. The van der Waals surface area contributed by atoms with Gasteiger partial charge in [0.15, 0.2) is 0 Å². The summed E-state index contributed by atoms with van der Waals surface area (Å²) in [7, 11) is 0. The standard InChI is InChI=1S/C12H20ClN3/c1-10-12(13)9-15-16(10)8-7-14-11-5-3-2-4-6-11/h9,11,14H,2-8H2,1H3. The molecule has 0 bridgehead atoms. The number of aromatic nitrogens is 2. The van der Waals surface area contributed by atoms with Crippen molar-refractivity contribution in [1.82, 2.24) is 15.1 Å². The van der Waals surface area contributed by atoms with Gasteiger partial charge >= 0.3 is 0 Å². The summed E-state index contributed by atoms with van der Waals surface area (Å²) in [6.07, 6.45) is 8.55. The van der Waals surface area contributed by atoms with Crippen LogP contribution in [0, 0.1) is 6.92 Å². The molecule has 0 aliphatic heterocycles. The average molecular weight is 242 g/mol. The van der Waals surface area contributed by atoms with Gasteiger partial charge in [0.1, 0.15) is 0 Å². The van der Waals surface area contributed by atoms with E-state index in [1.54, 1.807) is 6.20 Å². The first-order chi connectivity index (χ1) is 7.77. The third-order valence-electron chi connectivity index (χ3n) is 3.41. The van der Waals surface area contributed by atoms with E-state index in [0.29, 0.717) is 0 Å². The number of hydrogen-bond donors (Lipinski definition) is 1. The Bertz CT molecular complexity index is 329. The predicted molar refractivity (Wildman–Crippen MR) is 66.8 cm³/mol. The lowest BCUT2D eigenvalue weighted by Gasteiger charge is -2.22. The summed E-state index contributed by atoms with van der Waals surface area (Å²) in [5.41, 5.74) is 1.06. The summed E-state index contributed by atoms with van der Waals surface area (Å²) >= 11 is 5.95. The zero-order chi connectivity index (χ0) is 11.4. The molecule has 2 rings (SSSR count). The summed E-state index contributed by atoms with van der Waals surface area (Å²) in [6, 6.07) is 0.722. The van der Waals surface area contributed by atoms with Crippen LogP contribution < -0.4 is 5.32 Å². The SMILES string of the molecule is Cc1c(Cl)cnn1CCNC1CCCCC1. The van der Waals surface area contributed by atoms with Crippen LogP contribution in [-0.4, -0.2) is 22.4 Å². The van der Waals surface area contributed by atoms with Gasteiger partial charge < -0.3 is 5.32 Å². The zero-order valence-electron chi connectivity index (χ0n) is 9.88. The van der Waals surface area contributed by atoms with Crippen molar-refractivity contribution in [1.29, 1.82) is 0 Å². The monoisotopic (exact) mass is 241 g/mol. The Kier molecular flexibility index (Phi) is 4.24. The third kappa shape index (κ3) is 2.98. The van der Waals surface area contributed by atoms with Crippen LogP contribution in [0.15, 0.2) is 6.20 Å². The second-order valence-corrected chi connectivity index (χ2v) is 5.00. The van der Waals surface area contributed by atoms with Crippen LogP contribution in [0.25, 0.3) is 0 Å². The van der Waals surface area contributed by atoms with Crippen LogP contribution in [0.2, 0.25) is 5.02 Å². The van der Waals surface area contributed by atoms with Crippen LogP contribution in [-0.2, 0) is 6.54 Å². The van der Waals surface area contributed by atoms with Gasteiger partial charge in [-0.05, 0) is 19.8 Å². The quantitative estimate of drug-likeness (QED) is 0.879. The van der Waals surface area contributed by atoms with Gasteiger partial charge in [0.25, 0.3) is 0 Å². The highest BCUT2D eigenvalue weighted by Crippen LogP contribution is 2.17. The first kappa shape index (κ1) is 11.9. The molecule has 1 aromatic heterocycles. The van der Waals surface area contributed by atoms with Gasteiger partial charge in [0.05, 0.1) is 23.5 Å². The number of nitrogens with zero attached hydrogens (tertiary/aromatic N) is 2. The minimum Gasteiger partial charge on any atom is -0.312 e. The van der Waals surface area contributed by atoms with Gasteiger partial charge in [-0.2, -0.15) is 5.10 Å². The lowest BCUT2D eigenvalue weighted by molar-refractivity contribution is 0.364. The van der Waals surface area contributed by atoms with Crippen LogP contribution in [0.5, 0.6) is 0 Å². The van der Waals surface area contributed by atoms with Gasteiger partial charge in [0, 0.05) is 12.6 Å². The number of rotatable bonds is 4. The van der Waals surface area contributed by atoms with E-state index < -0.39 is 0 Å². The van der Waals surface area contributed by atoms with Gasteiger partial charge in [-0.25, -0.2) is 0 Å². The van der Waals surface area contributed by atoms with E-state index in [1.807, 2.05) is 11.6 Å². The van der Waals surface area contributed by atoms with E-state index in [4.69, 9.17) is 11.6 Å². The molecule has 1 aliphatic rings. The van der Waals surface area contributed by atoms with E-state index in [0.717, 1.165) is 29.8 Å². The molecule has 0 spiro atoms. The van der Waals surface area contributed by atoms with Crippen molar-refractivity contribution in [3.8, 4) is 0 Å². The maximum absolute atomic E-state index is 5.95. The lowest BCUT2D eigenvalue weighted by atomic mass is 9.95. The zero-order valence-corrected chi connectivity index (χ0v) is 10.6. The van der Waals surface area contributed by atoms with Gasteiger partial charge in [-0.1, -0.05) is 30.9 Å². The van der Waals surface area contributed by atoms with Crippen LogP contribution in [0.4, 0.5) is 0 Å². The van der Waals surface area contributed by atoms with Crippen molar-refractivity contribution in [2.24, 2.45) is 0 Å². The second-order valence-electron chi connectivity index (χ2n) is 4.59. The molecule has 1 fully saturated rings.